The van der Waals surface area contributed by atoms with Gasteiger partial charge in [0.25, 0.3) is 0 Å². The molecule has 30 heavy (non-hydrogen) atoms. The number of ether oxygens (including phenoxy) is 1. The lowest BCUT2D eigenvalue weighted by Gasteiger charge is -2.20. The van der Waals surface area contributed by atoms with Crippen molar-refractivity contribution in [1.82, 2.24) is 4.98 Å². The van der Waals surface area contributed by atoms with Gasteiger partial charge in [-0.1, -0.05) is 44.2 Å². The number of carbonyl (C=O) groups is 1. The molecule has 1 unspecified atom stereocenters. The zero-order valence-electron chi connectivity index (χ0n) is 17.7. The van der Waals surface area contributed by atoms with Crippen LogP contribution < -0.4 is 0 Å². The molecule has 3 aromatic rings. The fraction of sp³-hybridized carbons (Fsp3) is 0.360. The normalized spacial score (nSPS) is 14.7. The van der Waals surface area contributed by atoms with Gasteiger partial charge >= 0.3 is 5.97 Å². The van der Waals surface area contributed by atoms with Crippen LogP contribution in [0.25, 0.3) is 21.3 Å². The van der Waals surface area contributed by atoms with Gasteiger partial charge in [0.2, 0.25) is 0 Å². The maximum Gasteiger partial charge on any atom is 0.311 e. The number of aromatic nitrogens is 1. The van der Waals surface area contributed by atoms with E-state index < -0.39 is 11.9 Å². The Labute approximate surface area is 181 Å². The van der Waals surface area contributed by atoms with Crippen LogP contribution in [0.3, 0.4) is 0 Å². The summed E-state index contributed by atoms with van der Waals surface area (Å²) < 4.78 is 6.77. The van der Waals surface area contributed by atoms with Crippen LogP contribution in [0.1, 0.15) is 59.4 Å². The number of thiophene rings is 1. The molecule has 0 saturated heterocycles. The van der Waals surface area contributed by atoms with Crippen molar-refractivity contribution < 1.29 is 14.6 Å². The lowest BCUT2D eigenvalue weighted by atomic mass is 9.86. The van der Waals surface area contributed by atoms with Crippen molar-refractivity contribution in [2.24, 2.45) is 0 Å². The molecule has 4 rings (SSSR count). The molecule has 156 valence electrons. The average molecular weight is 422 g/mol. The highest BCUT2D eigenvalue weighted by Gasteiger charge is 2.29. The van der Waals surface area contributed by atoms with E-state index in [1.807, 2.05) is 6.92 Å². The molecule has 0 amide bonds. The van der Waals surface area contributed by atoms with Crippen LogP contribution in [0.5, 0.6) is 0 Å². The fourth-order valence-electron chi connectivity index (χ4n) is 4.27. The topological polar surface area (TPSA) is 59.4 Å². The summed E-state index contributed by atoms with van der Waals surface area (Å²) in [6, 6.07) is 8.53. The Morgan fingerprint density at radius 1 is 1.33 bits per heavy atom. The Bertz CT molecular complexity index is 1110. The van der Waals surface area contributed by atoms with E-state index in [0.717, 1.165) is 51.2 Å². The smallest absolute Gasteiger partial charge is 0.311 e. The van der Waals surface area contributed by atoms with E-state index in [1.54, 1.807) is 17.4 Å². The summed E-state index contributed by atoms with van der Waals surface area (Å²) in [6.07, 6.45) is 2.93. The second-order valence-electron chi connectivity index (χ2n) is 8.16. The van der Waals surface area contributed by atoms with E-state index >= 15 is 0 Å². The molecule has 0 spiro atoms. The molecule has 3 heterocycles. The van der Waals surface area contributed by atoms with Crippen LogP contribution in [-0.4, -0.2) is 22.7 Å². The summed E-state index contributed by atoms with van der Waals surface area (Å²) in [6.45, 7) is 11.4. The van der Waals surface area contributed by atoms with Gasteiger partial charge in [0.05, 0.1) is 29.3 Å². The summed E-state index contributed by atoms with van der Waals surface area (Å²) in [7, 11) is 0. The fourth-order valence-corrected chi connectivity index (χ4v) is 5.57. The number of benzene rings is 1. The van der Waals surface area contributed by atoms with Gasteiger partial charge in [-0.2, -0.15) is 0 Å². The van der Waals surface area contributed by atoms with Crippen molar-refractivity contribution in [3.05, 3.63) is 64.2 Å². The maximum atomic E-state index is 12.2. The Morgan fingerprint density at radius 2 is 2.07 bits per heavy atom. The third-order valence-electron chi connectivity index (χ3n) is 5.86. The first-order valence-electron chi connectivity index (χ1n) is 10.4. The van der Waals surface area contributed by atoms with E-state index in [4.69, 9.17) is 9.72 Å². The molecular formula is C25H27NO3S. The first kappa shape index (κ1) is 20.8. The number of fused-ring (bicyclic) bond motifs is 3. The van der Waals surface area contributed by atoms with Gasteiger partial charge < -0.3 is 9.84 Å². The van der Waals surface area contributed by atoms with E-state index in [-0.39, 0.29) is 0 Å². The molecule has 1 aliphatic heterocycles. The molecule has 0 fully saturated rings. The second-order valence-corrected chi connectivity index (χ2v) is 9.27. The molecule has 1 aliphatic rings. The molecule has 2 aromatic heterocycles. The maximum absolute atomic E-state index is 12.2. The van der Waals surface area contributed by atoms with E-state index in [9.17, 15) is 9.90 Å². The SMILES string of the molecule is C=CCC(C(=O)O)c1c(C)nc2c3c(sc2c1-c1ccc(C(C)C)cc1)CCOC3. The second kappa shape index (κ2) is 8.32. The summed E-state index contributed by atoms with van der Waals surface area (Å²) in [4.78, 5) is 18.4. The van der Waals surface area contributed by atoms with Gasteiger partial charge in [0, 0.05) is 28.1 Å². The van der Waals surface area contributed by atoms with Gasteiger partial charge in [0.1, 0.15) is 0 Å². The van der Waals surface area contributed by atoms with Gasteiger partial charge in [0.15, 0.2) is 0 Å². The standard InChI is InChI=1S/C25H27NO3S/c1-5-6-18(25(27)28)21-15(4)26-23-19-13-29-12-11-20(19)30-24(23)22(21)17-9-7-16(8-10-17)14(2)3/h5,7-10,14,18H,1,6,11-13H2,2-4H3,(H,27,28). The number of hydrogen-bond donors (Lipinski definition) is 1. The first-order valence-corrected chi connectivity index (χ1v) is 11.2. The molecule has 5 heteroatoms. The highest BCUT2D eigenvalue weighted by Crippen LogP contribution is 2.44. The number of allylic oxidation sites excluding steroid dienone is 1. The third kappa shape index (κ3) is 3.57. The molecule has 0 radical (unpaired) electrons. The lowest BCUT2D eigenvalue weighted by molar-refractivity contribution is -0.138. The molecule has 4 nitrogen and oxygen atoms in total. The van der Waals surface area contributed by atoms with Crippen molar-refractivity contribution >= 4 is 27.5 Å². The quantitative estimate of drug-likeness (QED) is 0.481. The van der Waals surface area contributed by atoms with Crippen LogP contribution in [0, 0.1) is 6.92 Å². The zero-order chi connectivity index (χ0) is 21.4. The minimum absolute atomic E-state index is 0.370. The molecule has 0 aliphatic carbocycles. The number of pyridine rings is 1. The minimum atomic E-state index is -0.844. The molecule has 0 saturated carbocycles. The predicted octanol–water partition coefficient (Wildman–Crippen LogP) is 6.21. The Kier molecular flexibility index (Phi) is 5.76. The lowest BCUT2D eigenvalue weighted by Crippen LogP contribution is -2.15. The summed E-state index contributed by atoms with van der Waals surface area (Å²) >= 11 is 1.74. The van der Waals surface area contributed by atoms with Crippen molar-refractivity contribution in [1.29, 1.82) is 0 Å². The van der Waals surface area contributed by atoms with Crippen LogP contribution >= 0.6 is 11.3 Å². The molecule has 0 bridgehead atoms. The van der Waals surface area contributed by atoms with E-state index in [2.05, 4.69) is 44.7 Å². The third-order valence-corrected chi connectivity index (χ3v) is 7.16. The number of hydrogen-bond acceptors (Lipinski definition) is 4. The molecular weight excluding hydrogens is 394 g/mol. The highest BCUT2D eigenvalue weighted by atomic mass is 32.1. The van der Waals surface area contributed by atoms with Crippen molar-refractivity contribution in [3.8, 4) is 11.1 Å². The molecule has 1 atom stereocenters. The van der Waals surface area contributed by atoms with Gasteiger partial charge in [-0.15, -0.1) is 17.9 Å². The van der Waals surface area contributed by atoms with Crippen molar-refractivity contribution in [2.45, 2.75) is 52.1 Å². The largest absolute Gasteiger partial charge is 0.481 e. The van der Waals surface area contributed by atoms with Crippen molar-refractivity contribution in [2.75, 3.05) is 6.61 Å². The van der Waals surface area contributed by atoms with Crippen LogP contribution in [0.4, 0.5) is 0 Å². The zero-order valence-corrected chi connectivity index (χ0v) is 18.5. The summed E-state index contributed by atoms with van der Waals surface area (Å²) in [5, 5.41) is 10.0. The van der Waals surface area contributed by atoms with E-state index in [1.165, 1.54) is 10.4 Å². The van der Waals surface area contributed by atoms with Crippen LogP contribution in [0.2, 0.25) is 0 Å². The first-order chi connectivity index (χ1) is 14.4. The van der Waals surface area contributed by atoms with E-state index in [0.29, 0.717) is 18.9 Å². The molecule has 1 N–H and O–H groups in total. The number of nitrogens with zero attached hydrogens (tertiary/aromatic N) is 1. The number of carboxylic acid groups (broad SMARTS) is 1. The predicted molar refractivity (Wildman–Crippen MR) is 122 cm³/mol. The Balaban J connectivity index is 2.04. The van der Waals surface area contributed by atoms with Crippen LogP contribution in [0.15, 0.2) is 36.9 Å². The highest BCUT2D eigenvalue weighted by molar-refractivity contribution is 7.19. The monoisotopic (exact) mass is 421 g/mol. The number of rotatable bonds is 6. The van der Waals surface area contributed by atoms with Gasteiger partial charge in [-0.3, -0.25) is 9.78 Å². The number of aliphatic carboxylic acids is 1. The Morgan fingerprint density at radius 3 is 2.70 bits per heavy atom. The molecule has 1 aromatic carbocycles. The minimum Gasteiger partial charge on any atom is -0.481 e. The van der Waals surface area contributed by atoms with Crippen molar-refractivity contribution in [3.63, 3.8) is 0 Å². The van der Waals surface area contributed by atoms with Crippen LogP contribution in [-0.2, 0) is 22.6 Å². The summed E-state index contributed by atoms with van der Waals surface area (Å²) in [5.74, 6) is -1.07. The number of aryl methyl sites for hydroxylation is 1. The van der Waals surface area contributed by atoms with Gasteiger partial charge in [-0.05, 0) is 36.0 Å². The summed E-state index contributed by atoms with van der Waals surface area (Å²) in [5.41, 5.74) is 6.99. The number of carboxylic acids is 1. The average Bonchev–Trinajstić information content (AvgIpc) is 3.09. The van der Waals surface area contributed by atoms with Gasteiger partial charge in [-0.25, -0.2) is 0 Å². The Hall–Kier alpha value is -2.50.